The molecule has 1 aliphatic heterocycles. The molecule has 0 saturated carbocycles. The van der Waals surface area contributed by atoms with Crippen LogP contribution in [0, 0.1) is 3.57 Å². The fourth-order valence-electron chi connectivity index (χ4n) is 2.51. The van der Waals surface area contributed by atoms with Gasteiger partial charge in [-0.3, -0.25) is 0 Å². The van der Waals surface area contributed by atoms with Crippen LogP contribution >= 0.6 is 34.8 Å². The number of halogens is 1. The van der Waals surface area contributed by atoms with Crippen LogP contribution in [0.4, 0.5) is 0 Å². The minimum absolute atomic E-state index is 0.390. The molecule has 0 spiro atoms. The van der Waals surface area contributed by atoms with Gasteiger partial charge < -0.3 is 20.1 Å². The summed E-state index contributed by atoms with van der Waals surface area (Å²) >= 11 is 7.51. The van der Waals surface area contributed by atoms with Crippen LogP contribution in [-0.2, 0) is 9.53 Å². The molecular formula is C17H21IN2O3S. The number of hydrogen-bond acceptors (Lipinski definition) is 4. The van der Waals surface area contributed by atoms with Crippen molar-refractivity contribution in [2.24, 2.45) is 0 Å². The molecule has 0 radical (unpaired) electrons. The zero-order valence-corrected chi connectivity index (χ0v) is 16.9. The lowest BCUT2D eigenvalue weighted by molar-refractivity contribution is -0.136. The van der Waals surface area contributed by atoms with Crippen molar-refractivity contribution in [1.29, 1.82) is 0 Å². The number of unbranched alkanes of at least 4 members (excludes halogenated alkanes) is 1. The second-order valence-electron chi connectivity index (χ2n) is 5.45. The van der Waals surface area contributed by atoms with Crippen molar-refractivity contribution >= 4 is 45.9 Å². The normalized spacial score (nSPS) is 17.2. The molecular weight excluding hydrogens is 439 g/mol. The molecule has 0 aromatic heterocycles. The lowest BCUT2D eigenvalue weighted by atomic mass is 9.95. The maximum Gasteiger partial charge on any atom is 0.337 e. The Morgan fingerprint density at radius 3 is 2.83 bits per heavy atom. The fourth-order valence-corrected chi connectivity index (χ4v) is 3.30. The van der Waals surface area contributed by atoms with Crippen LogP contribution in [0.3, 0.4) is 0 Å². The molecule has 7 heteroatoms. The van der Waals surface area contributed by atoms with Gasteiger partial charge >= 0.3 is 5.97 Å². The van der Waals surface area contributed by atoms with Gasteiger partial charge in [0.05, 0.1) is 25.3 Å². The van der Waals surface area contributed by atoms with E-state index in [-0.39, 0.29) is 0 Å². The highest BCUT2D eigenvalue weighted by Crippen LogP contribution is 2.34. The summed E-state index contributed by atoms with van der Waals surface area (Å²) in [4.78, 5) is 12.3. The standard InChI is InChI=1S/C17H21IN2O3S/c1-4-5-8-23-13-7-6-11(18)9-12(13)15-14(16(21)22-3)10(2)19-17(24)20-15/h6-7,9,15H,4-5,8H2,1-3H3,(H2,19,20,24)/t15-/m1/s1. The van der Waals surface area contributed by atoms with E-state index in [0.717, 1.165) is 27.7 Å². The third kappa shape index (κ3) is 4.38. The van der Waals surface area contributed by atoms with Gasteiger partial charge in [0.2, 0.25) is 0 Å². The molecule has 1 atom stereocenters. The molecule has 24 heavy (non-hydrogen) atoms. The molecule has 0 saturated heterocycles. The van der Waals surface area contributed by atoms with Crippen molar-refractivity contribution in [3.8, 4) is 5.75 Å². The first-order valence-corrected chi connectivity index (χ1v) is 9.25. The van der Waals surface area contributed by atoms with E-state index >= 15 is 0 Å². The van der Waals surface area contributed by atoms with E-state index in [9.17, 15) is 4.79 Å². The first kappa shape index (κ1) is 19.0. The van der Waals surface area contributed by atoms with Gasteiger partial charge in [0.25, 0.3) is 0 Å². The van der Waals surface area contributed by atoms with Crippen molar-refractivity contribution in [2.45, 2.75) is 32.7 Å². The lowest BCUT2D eigenvalue weighted by Crippen LogP contribution is -2.45. The van der Waals surface area contributed by atoms with Crippen LogP contribution in [0.25, 0.3) is 0 Å². The maximum absolute atomic E-state index is 12.3. The van der Waals surface area contributed by atoms with Crippen LogP contribution < -0.4 is 15.4 Å². The zero-order valence-electron chi connectivity index (χ0n) is 13.9. The largest absolute Gasteiger partial charge is 0.493 e. The topological polar surface area (TPSA) is 59.6 Å². The van der Waals surface area contributed by atoms with Crippen LogP contribution in [0.1, 0.15) is 38.3 Å². The summed E-state index contributed by atoms with van der Waals surface area (Å²) in [7, 11) is 1.38. The quantitative estimate of drug-likeness (QED) is 0.294. The first-order valence-electron chi connectivity index (χ1n) is 7.76. The molecule has 1 heterocycles. The van der Waals surface area contributed by atoms with Gasteiger partial charge in [0, 0.05) is 14.8 Å². The third-order valence-corrected chi connectivity index (χ3v) is 4.60. The summed E-state index contributed by atoms with van der Waals surface area (Å²) in [6.45, 7) is 4.57. The van der Waals surface area contributed by atoms with Crippen molar-refractivity contribution in [2.75, 3.05) is 13.7 Å². The van der Waals surface area contributed by atoms with Crippen molar-refractivity contribution in [3.63, 3.8) is 0 Å². The summed E-state index contributed by atoms with van der Waals surface area (Å²) in [5.74, 6) is 0.360. The minimum atomic E-state index is -0.405. The van der Waals surface area contributed by atoms with Gasteiger partial charge in [-0.15, -0.1) is 0 Å². The van der Waals surface area contributed by atoms with Crippen molar-refractivity contribution in [1.82, 2.24) is 10.6 Å². The SMILES string of the molecule is CCCCOc1ccc(I)cc1[C@H]1NC(=S)NC(C)=C1C(=O)OC. The van der Waals surface area contributed by atoms with Crippen LogP contribution in [0.15, 0.2) is 29.5 Å². The average Bonchev–Trinajstić information content (AvgIpc) is 2.55. The van der Waals surface area contributed by atoms with Gasteiger partial charge in [0.15, 0.2) is 5.11 Å². The number of nitrogens with one attached hydrogen (secondary N) is 2. The smallest absolute Gasteiger partial charge is 0.337 e. The lowest BCUT2D eigenvalue weighted by Gasteiger charge is -2.30. The molecule has 0 unspecified atom stereocenters. The number of allylic oxidation sites excluding steroid dienone is 1. The summed E-state index contributed by atoms with van der Waals surface area (Å²) in [5.41, 5.74) is 2.07. The summed E-state index contributed by atoms with van der Waals surface area (Å²) < 4.78 is 11.9. The van der Waals surface area contributed by atoms with Gasteiger partial charge in [-0.1, -0.05) is 13.3 Å². The zero-order chi connectivity index (χ0) is 17.7. The summed E-state index contributed by atoms with van der Waals surface area (Å²) in [6.07, 6.45) is 2.03. The number of hydrogen-bond donors (Lipinski definition) is 2. The minimum Gasteiger partial charge on any atom is -0.493 e. The monoisotopic (exact) mass is 460 g/mol. The summed E-state index contributed by atoms with van der Waals surface area (Å²) in [6, 6.07) is 5.52. The van der Waals surface area contributed by atoms with Crippen LogP contribution in [-0.4, -0.2) is 24.8 Å². The predicted octanol–water partition coefficient (Wildman–Crippen LogP) is 3.44. The molecule has 0 aliphatic carbocycles. The molecule has 2 rings (SSSR count). The predicted molar refractivity (Wildman–Crippen MR) is 106 cm³/mol. The molecule has 2 N–H and O–H groups in total. The van der Waals surface area contributed by atoms with Crippen molar-refractivity contribution < 1.29 is 14.3 Å². The highest BCUT2D eigenvalue weighted by molar-refractivity contribution is 14.1. The molecule has 5 nitrogen and oxygen atoms in total. The second kappa shape index (κ2) is 8.66. The van der Waals surface area contributed by atoms with E-state index in [0.29, 0.717) is 23.0 Å². The number of carbonyl (C=O) groups is 1. The highest BCUT2D eigenvalue weighted by atomic mass is 127. The number of ether oxygens (including phenoxy) is 2. The first-order chi connectivity index (χ1) is 11.5. The Bertz CT molecular complexity index is 676. The van der Waals surface area contributed by atoms with E-state index in [1.165, 1.54) is 7.11 Å². The molecule has 130 valence electrons. The average molecular weight is 460 g/mol. The van der Waals surface area contributed by atoms with Crippen molar-refractivity contribution in [3.05, 3.63) is 38.6 Å². The molecule has 1 aromatic carbocycles. The van der Waals surface area contributed by atoms with E-state index in [2.05, 4.69) is 40.1 Å². The van der Waals surface area contributed by atoms with E-state index in [1.807, 2.05) is 25.1 Å². The van der Waals surface area contributed by atoms with E-state index in [1.54, 1.807) is 0 Å². The number of benzene rings is 1. The number of rotatable bonds is 6. The highest BCUT2D eigenvalue weighted by Gasteiger charge is 2.32. The van der Waals surface area contributed by atoms with E-state index in [4.69, 9.17) is 21.7 Å². The Morgan fingerprint density at radius 2 is 2.17 bits per heavy atom. The third-order valence-electron chi connectivity index (χ3n) is 3.71. The maximum atomic E-state index is 12.3. The van der Waals surface area contributed by atoms with Gasteiger partial charge in [0.1, 0.15) is 5.75 Å². The molecule has 1 aliphatic rings. The van der Waals surface area contributed by atoms with Crippen LogP contribution in [0.2, 0.25) is 0 Å². The van der Waals surface area contributed by atoms with E-state index < -0.39 is 12.0 Å². The Morgan fingerprint density at radius 1 is 1.42 bits per heavy atom. The number of esters is 1. The van der Waals surface area contributed by atoms with Gasteiger partial charge in [-0.05, 0) is 66.4 Å². The molecule has 1 aromatic rings. The number of thiocarbonyl (C=S) groups is 1. The summed E-state index contributed by atoms with van der Waals surface area (Å²) in [5, 5.41) is 6.63. The molecule has 0 fully saturated rings. The van der Waals surface area contributed by atoms with Gasteiger partial charge in [-0.25, -0.2) is 4.79 Å². The molecule has 0 bridgehead atoms. The Kier molecular flexibility index (Phi) is 6.85. The Balaban J connectivity index is 2.46. The van der Waals surface area contributed by atoms with Crippen LogP contribution in [0.5, 0.6) is 5.75 Å². The number of methoxy groups -OCH3 is 1. The Hall–Kier alpha value is -1.35. The number of carbonyl (C=O) groups excluding carboxylic acids is 1. The van der Waals surface area contributed by atoms with Gasteiger partial charge in [-0.2, -0.15) is 0 Å². The second-order valence-corrected chi connectivity index (χ2v) is 7.10. The fraction of sp³-hybridized carbons (Fsp3) is 0.412. The molecule has 0 amide bonds. The Labute approximate surface area is 161 Å².